The number of ether oxygens (including phenoxy) is 2. The molecule has 2 atom stereocenters. The van der Waals surface area contributed by atoms with E-state index < -0.39 is 6.10 Å². The lowest BCUT2D eigenvalue weighted by Gasteiger charge is -2.34. The largest absolute Gasteiger partial charge is 0.376 e. The molecule has 0 bridgehead atoms. The normalized spacial score (nSPS) is 25.1. The summed E-state index contributed by atoms with van der Waals surface area (Å²) in [4.78, 5) is 27.3. The van der Waals surface area contributed by atoms with Gasteiger partial charge in [0.25, 0.3) is 5.91 Å². The van der Waals surface area contributed by atoms with Gasteiger partial charge in [-0.1, -0.05) is 43.2 Å². The van der Waals surface area contributed by atoms with E-state index in [4.69, 9.17) is 9.47 Å². The highest BCUT2D eigenvalue weighted by Gasteiger charge is 2.33. The van der Waals surface area contributed by atoms with Gasteiger partial charge in [-0.25, -0.2) is 0 Å². The SMILES string of the molecule is O=C(C[C@@H]1CCCCCN1C(=O)[C@H]1COCCO1)c1ccccc1. The van der Waals surface area contributed by atoms with Gasteiger partial charge in [0.15, 0.2) is 11.9 Å². The highest BCUT2D eigenvalue weighted by molar-refractivity contribution is 5.96. The summed E-state index contributed by atoms with van der Waals surface area (Å²) >= 11 is 0. The molecule has 0 saturated carbocycles. The van der Waals surface area contributed by atoms with Gasteiger partial charge in [0.1, 0.15) is 0 Å². The Morgan fingerprint density at radius 3 is 2.67 bits per heavy atom. The first kappa shape index (κ1) is 17.1. The second kappa shape index (κ2) is 8.40. The standard InChI is InChI=1S/C19H25NO4/c21-17(15-7-3-1-4-8-15)13-16-9-5-2-6-10-20(16)19(22)18-14-23-11-12-24-18/h1,3-4,7-8,16,18H,2,5-6,9-14H2/t16-,18+/m0/s1. The molecule has 5 heteroatoms. The average Bonchev–Trinajstić information content (AvgIpc) is 2.88. The molecule has 1 aromatic rings. The van der Waals surface area contributed by atoms with Crippen LogP contribution in [0, 0.1) is 0 Å². The third kappa shape index (κ3) is 4.22. The van der Waals surface area contributed by atoms with E-state index in [1.165, 1.54) is 0 Å². The topological polar surface area (TPSA) is 55.8 Å². The van der Waals surface area contributed by atoms with Crippen LogP contribution in [0.3, 0.4) is 0 Å². The fourth-order valence-electron chi connectivity index (χ4n) is 3.45. The zero-order valence-electron chi connectivity index (χ0n) is 14.0. The van der Waals surface area contributed by atoms with E-state index in [-0.39, 0.29) is 17.7 Å². The zero-order chi connectivity index (χ0) is 16.8. The van der Waals surface area contributed by atoms with Crippen LogP contribution < -0.4 is 0 Å². The van der Waals surface area contributed by atoms with Crippen molar-refractivity contribution in [2.24, 2.45) is 0 Å². The lowest BCUT2D eigenvalue weighted by Crippen LogP contribution is -2.49. The van der Waals surface area contributed by atoms with E-state index in [2.05, 4.69) is 0 Å². The Bertz CT molecular complexity index is 554. The Labute approximate surface area is 142 Å². The van der Waals surface area contributed by atoms with Crippen molar-refractivity contribution in [1.82, 2.24) is 4.90 Å². The van der Waals surface area contributed by atoms with E-state index in [1.807, 2.05) is 35.2 Å². The van der Waals surface area contributed by atoms with Gasteiger partial charge in [-0.2, -0.15) is 0 Å². The van der Waals surface area contributed by atoms with Crippen molar-refractivity contribution >= 4 is 11.7 Å². The van der Waals surface area contributed by atoms with Crippen LogP contribution in [0.1, 0.15) is 42.5 Å². The van der Waals surface area contributed by atoms with Gasteiger partial charge in [0.05, 0.1) is 19.8 Å². The molecule has 5 nitrogen and oxygen atoms in total. The molecule has 130 valence electrons. The molecule has 1 aromatic carbocycles. The summed E-state index contributed by atoms with van der Waals surface area (Å²) in [6.45, 7) is 2.01. The minimum atomic E-state index is -0.522. The van der Waals surface area contributed by atoms with Gasteiger partial charge >= 0.3 is 0 Å². The summed E-state index contributed by atoms with van der Waals surface area (Å²) in [6.07, 6.45) is 3.86. The maximum atomic E-state index is 12.8. The molecule has 0 radical (unpaired) electrons. The molecule has 2 saturated heterocycles. The first-order valence-electron chi connectivity index (χ1n) is 8.84. The van der Waals surface area contributed by atoms with Gasteiger partial charge in [-0.05, 0) is 12.8 Å². The Morgan fingerprint density at radius 2 is 1.92 bits per heavy atom. The number of amides is 1. The van der Waals surface area contributed by atoms with E-state index >= 15 is 0 Å². The fraction of sp³-hybridized carbons (Fsp3) is 0.579. The van der Waals surface area contributed by atoms with Crippen molar-refractivity contribution in [1.29, 1.82) is 0 Å². The fourth-order valence-corrected chi connectivity index (χ4v) is 3.45. The molecule has 0 N–H and O–H groups in total. The van der Waals surface area contributed by atoms with Crippen LogP contribution in [0.4, 0.5) is 0 Å². The number of carbonyl (C=O) groups is 2. The lowest BCUT2D eigenvalue weighted by atomic mass is 9.99. The van der Waals surface area contributed by atoms with Crippen molar-refractivity contribution in [3.63, 3.8) is 0 Å². The predicted molar refractivity (Wildman–Crippen MR) is 89.9 cm³/mol. The summed E-state index contributed by atoms with van der Waals surface area (Å²) in [5.74, 6) is 0.0728. The Morgan fingerprint density at radius 1 is 1.08 bits per heavy atom. The number of hydrogen-bond acceptors (Lipinski definition) is 4. The van der Waals surface area contributed by atoms with Crippen LogP contribution in [0.2, 0.25) is 0 Å². The van der Waals surface area contributed by atoms with Gasteiger partial charge in [0, 0.05) is 24.6 Å². The second-order valence-corrected chi connectivity index (χ2v) is 6.46. The smallest absolute Gasteiger partial charge is 0.254 e. The average molecular weight is 331 g/mol. The van der Waals surface area contributed by atoms with Gasteiger partial charge in [-0.15, -0.1) is 0 Å². The molecule has 1 amide bonds. The molecule has 3 rings (SSSR count). The highest BCUT2D eigenvalue weighted by Crippen LogP contribution is 2.23. The Kier molecular flexibility index (Phi) is 5.99. The van der Waals surface area contributed by atoms with Crippen molar-refractivity contribution in [3.05, 3.63) is 35.9 Å². The minimum absolute atomic E-state index is 0.0255. The van der Waals surface area contributed by atoms with Crippen LogP contribution >= 0.6 is 0 Å². The molecular weight excluding hydrogens is 306 g/mol. The summed E-state index contributed by atoms with van der Waals surface area (Å²) in [6, 6.07) is 9.27. The molecule has 0 unspecified atom stereocenters. The second-order valence-electron chi connectivity index (χ2n) is 6.46. The molecule has 2 fully saturated rings. The number of benzene rings is 1. The number of ketones is 1. The molecular formula is C19H25NO4. The van der Waals surface area contributed by atoms with E-state index in [0.29, 0.717) is 38.3 Å². The van der Waals surface area contributed by atoms with Crippen LogP contribution in [0.25, 0.3) is 0 Å². The minimum Gasteiger partial charge on any atom is -0.376 e. The van der Waals surface area contributed by atoms with Gasteiger partial charge in [0.2, 0.25) is 0 Å². The summed E-state index contributed by atoms with van der Waals surface area (Å²) in [5.41, 5.74) is 0.714. The number of hydrogen-bond donors (Lipinski definition) is 0. The van der Waals surface area contributed by atoms with Crippen LogP contribution in [-0.4, -0.2) is 55.1 Å². The summed E-state index contributed by atoms with van der Waals surface area (Å²) in [5, 5.41) is 0. The number of likely N-dealkylation sites (tertiary alicyclic amines) is 1. The first-order chi connectivity index (χ1) is 11.8. The maximum absolute atomic E-state index is 12.8. The summed E-state index contributed by atoms with van der Waals surface area (Å²) < 4.78 is 10.9. The number of rotatable bonds is 4. The molecule has 2 aliphatic rings. The molecule has 0 aromatic heterocycles. The first-order valence-corrected chi connectivity index (χ1v) is 8.84. The third-order valence-corrected chi connectivity index (χ3v) is 4.77. The van der Waals surface area contributed by atoms with Gasteiger partial charge in [-0.3, -0.25) is 9.59 Å². The van der Waals surface area contributed by atoms with Crippen LogP contribution in [0.15, 0.2) is 30.3 Å². The highest BCUT2D eigenvalue weighted by atomic mass is 16.6. The molecule has 2 aliphatic heterocycles. The number of nitrogens with zero attached hydrogens (tertiary/aromatic N) is 1. The Hall–Kier alpha value is -1.72. The van der Waals surface area contributed by atoms with Crippen LogP contribution in [0.5, 0.6) is 0 Å². The quantitative estimate of drug-likeness (QED) is 0.795. The predicted octanol–water partition coefficient (Wildman–Crippen LogP) is 2.45. The van der Waals surface area contributed by atoms with E-state index in [1.54, 1.807) is 0 Å². The zero-order valence-corrected chi connectivity index (χ0v) is 14.0. The van der Waals surface area contributed by atoms with E-state index in [0.717, 1.165) is 25.7 Å². The lowest BCUT2D eigenvalue weighted by molar-refractivity contribution is -0.160. The maximum Gasteiger partial charge on any atom is 0.254 e. The summed E-state index contributed by atoms with van der Waals surface area (Å²) in [7, 11) is 0. The third-order valence-electron chi connectivity index (χ3n) is 4.77. The molecule has 0 aliphatic carbocycles. The van der Waals surface area contributed by atoms with E-state index in [9.17, 15) is 9.59 Å². The Balaban J connectivity index is 1.70. The van der Waals surface area contributed by atoms with Crippen molar-refractivity contribution < 1.29 is 19.1 Å². The van der Waals surface area contributed by atoms with Gasteiger partial charge < -0.3 is 14.4 Å². The van der Waals surface area contributed by atoms with Crippen molar-refractivity contribution in [2.45, 2.75) is 44.2 Å². The number of carbonyl (C=O) groups excluding carboxylic acids is 2. The van der Waals surface area contributed by atoms with Crippen molar-refractivity contribution in [3.8, 4) is 0 Å². The number of Topliss-reactive ketones (excluding diaryl/α,β-unsaturated/α-hetero) is 1. The molecule has 2 heterocycles. The monoisotopic (exact) mass is 331 g/mol. The van der Waals surface area contributed by atoms with Crippen LogP contribution in [-0.2, 0) is 14.3 Å². The molecule has 0 spiro atoms. The van der Waals surface area contributed by atoms with Crippen molar-refractivity contribution in [2.75, 3.05) is 26.4 Å². The molecule has 24 heavy (non-hydrogen) atoms.